The number of rotatable bonds is 5. The summed E-state index contributed by atoms with van der Waals surface area (Å²) in [4.78, 5) is 0. The van der Waals surface area contributed by atoms with Gasteiger partial charge in [0.1, 0.15) is 5.67 Å². The maximum absolute atomic E-state index is 14.7. The van der Waals surface area contributed by atoms with Crippen LogP contribution in [-0.4, -0.2) is 41.2 Å². The molecule has 0 aliphatic carbocycles. The Kier molecular flexibility index (Phi) is 4.58. The second-order valence-electron chi connectivity index (χ2n) is 5.62. The number of nitrogens with zero attached hydrogens (tertiary/aromatic N) is 2. The first-order chi connectivity index (χ1) is 9.00. The minimum Gasteiger partial charge on any atom is -0.379 e. The molecule has 2 heterocycles. The van der Waals surface area contributed by atoms with Gasteiger partial charge in [0.2, 0.25) is 0 Å². The Bertz CT molecular complexity index is 411. The van der Waals surface area contributed by atoms with Crippen molar-refractivity contribution in [1.29, 1.82) is 0 Å². The highest BCUT2D eigenvalue weighted by atomic mass is 19.1. The van der Waals surface area contributed by atoms with Crippen LogP contribution in [0.5, 0.6) is 0 Å². The fourth-order valence-electron chi connectivity index (χ4n) is 2.62. The molecule has 1 N–H and O–H groups in total. The zero-order valence-corrected chi connectivity index (χ0v) is 12.1. The van der Waals surface area contributed by atoms with E-state index in [1.54, 1.807) is 11.6 Å². The van der Waals surface area contributed by atoms with Gasteiger partial charge >= 0.3 is 0 Å². The van der Waals surface area contributed by atoms with E-state index >= 15 is 0 Å². The molecule has 2 rings (SSSR count). The summed E-state index contributed by atoms with van der Waals surface area (Å²) in [5, 5.41) is 7.67. The van der Waals surface area contributed by atoms with E-state index in [4.69, 9.17) is 4.74 Å². The van der Waals surface area contributed by atoms with Gasteiger partial charge in [0, 0.05) is 31.7 Å². The van der Waals surface area contributed by atoms with Crippen LogP contribution >= 0.6 is 0 Å². The molecule has 1 aromatic rings. The summed E-state index contributed by atoms with van der Waals surface area (Å²) in [5.41, 5.74) is 0.739. The van der Waals surface area contributed by atoms with Crippen molar-refractivity contribution in [1.82, 2.24) is 15.1 Å². The van der Waals surface area contributed by atoms with Crippen molar-refractivity contribution in [3.63, 3.8) is 0 Å². The molecule has 1 aliphatic heterocycles. The standard InChI is InChI=1S/C14H24FN3O/c1-4-11-7-13(18(3)17-11)9-14(2,15)8-12-10-19-6-5-16-12/h7,12,16H,4-6,8-10H2,1-3H3. The number of nitrogens with one attached hydrogen (secondary N) is 1. The van der Waals surface area contributed by atoms with Gasteiger partial charge in [-0.2, -0.15) is 5.10 Å². The van der Waals surface area contributed by atoms with Crippen LogP contribution in [0.2, 0.25) is 0 Å². The van der Waals surface area contributed by atoms with E-state index < -0.39 is 5.67 Å². The lowest BCUT2D eigenvalue weighted by Crippen LogP contribution is -2.45. The average molecular weight is 269 g/mol. The summed E-state index contributed by atoms with van der Waals surface area (Å²) in [6.45, 7) is 5.87. The lowest BCUT2D eigenvalue weighted by Gasteiger charge is -2.29. The molecule has 4 nitrogen and oxygen atoms in total. The topological polar surface area (TPSA) is 39.1 Å². The largest absolute Gasteiger partial charge is 0.379 e. The zero-order chi connectivity index (χ0) is 13.9. The van der Waals surface area contributed by atoms with Gasteiger partial charge < -0.3 is 10.1 Å². The molecule has 0 saturated carbocycles. The molecule has 2 atom stereocenters. The van der Waals surface area contributed by atoms with Crippen LogP contribution in [0.3, 0.4) is 0 Å². The number of morpholine rings is 1. The van der Waals surface area contributed by atoms with Crippen molar-refractivity contribution in [2.75, 3.05) is 19.8 Å². The molecule has 0 amide bonds. The highest BCUT2D eigenvalue weighted by molar-refractivity contribution is 5.12. The third kappa shape index (κ3) is 4.01. The van der Waals surface area contributed by atoms with Gasteiger partial charge in [-0.1, -0.05) is 6.92 Å². The van der Waals surface area contributed by atoms with Crippen LogP contribution in [-0.2, 0) is 24.6 Å². The lowest BCUT2D eigenvalue weighted by atomic mass is 9.93. The SMILES string of the molecule is CCc1cc(CC(C)(F)CC2COCCN2)n(C)n1. The highest BCUT2D eigenvalue weighted by Gasteiger charge is 2.30. The Hall–Kier alpha value is -0.940. The first kappa shape index (κ1) is 14.5. The zero-order valence-electron chi connectivity index (χ0n) is 12.1. The average Bonchev–Trinajstić information content (AvgIpc) is 2.70. The van der Waals surface area contributed by atoms with Crippen LogP contribution < -0.4 is 5.32 Å². The molecule has 108 valence electrons. The van der Waals surface area contributed by atoms with E-state index in [2.05, 4.69) is 17.3 Å². The van der Waals surface area contributed by atoms with Crippen LogP contribution in [0.15, 0.2) is 6.07 Å². The predicted molar refractivity (Wildman–Crippen MR) is 73.0 cm³/mol. The molecule has 0 radical (unpaired) electrons. The van der Waals surface area contributed by atoms with Gasteiger partial charge in [0.15, 0.2) is 0 Å². The van der Waals surface area contributed by atoms with Gasteiger partial charge in [-0.05, 0) is 25.8 Å². The maximum Gasteiger partial charge on any atom is 0.115 e. The van der Waals surface area contributed by atoms with E-state index in [0.29, 0.717) is 19.4 Å². The molecule has 0 bridgehead atoms. The normalized spacial score (nSPS) is 23.3. The lowest BCUT2D eigenvalue weighted by molar-refractivity contribution is 0.0479. The molecule has 0 aromatic carbocycles. The quantitative estimate of drug-likeness (QED) is 0.883. The van der Waals surface area contributed by atoms with Gasteiger partial charge in [-0.15, -0.1) is 0 Å². The van der Waals surface area contributed by atoms with E-state index in [9.17, 15) is 4.39 Å². The van der Waals surface area contributed by atoms with Crippen LogP contribution in [0, 0.1) is 0 Å². The van der Waals surface area contributed by atoms with Crippen LogP contribution in [0.4, 0.5) is 4.39 Å². The first-order valence-electron chi connectivity index (χ1n) is 7.02. The number of hydrogen-bond donors (Lipinski definition) is 1. The Morgan fingerprint density at radius 3 is 3.00 bits per heavy atom. The van der Waals surface area contributed by atoms with Crippen molar-refractivity contribution in [3.8, 4) is 0 Å². The number of aromatic nitrogens is 2. The number of halogens is 1. The fraction of sp³-hybridized carbons (Fsp3) is 0.786. The molecule has 5 heteroatoms. The molecule has 1 saturated heterocycles. The Morgan fingerprint density at radius 2 is 2.42 bits per heavy atom. The Labute approximate surface area is 114 Å². The van der Waals surface area contributed by atoms with Gasteiger partial charge in [0.25, 0.3) is 0 Å². The molecular formula is C14H24FN3O. The summed E-state index contributed by atoms with van der Waals surface area (Å²) in [5.74, 6) is 0. The molecule has 19 heavy (non-hydrogen) atoms. The molecule has 1 aromatic heterocycles. The van der Waals surface area contributed by atoms with Gasteiger partial charge in [-0.3, -0.25) is 4.68 Å². The Morgan fingerprint density at radius 1 is 1.63 bits per heavy atom. The van der Waals surface area contributed by atoms with Crippen LogP contribution in [0.25, 0.3) is 0 Å². The smallest absolute Gasteiger partial charge is 0.115 e. The molecular weight excluding hydrogens is 245 g/mol. The van der Waals surface area contributed by atoms with Crippen molar-refractivity contribution >= 4 is 0 Å². The number of aryl methyl sites for hydroxylation is 2. The number of ether oxygens (including phenoxy) is 1. The van der Waals surface area contributed by atoms with Crippen LogP contribution in [0.1, 0.15) is 31.7 Å². The third-order valence-electron chi connectivity index (χ3n) is 3.61. The Balaban J connectivity index is 1.96. The predicted octanol–water partition coefficient (Wildman–Crippen LogP) is 1.63. The number of alkyl halides is 1. The van der Waals surface area contributed by atoms with Crippen molar-refractivity contribution in [2.45, 2.75) is 44.8 Å². The van der Waals surface area contributed by atoms with Crippen molar-refractivity contribution in [2.24, 2.45) is 7.05 Å². The van der Waals surface area contributed by atoms with E-state index in [-0.39, 0.29) is 6.04 Å². The number of hydrogen-bond acceptors (Lipinski definition) is 3. The monoisotopic (exact) mass is 269 g/mol. The van der Waals surface area contributed by atoms with Crippen molar-refractivity contribution < 1.29 is 9.13 Å². The molecule has 0 spiro atoms. The third-order valence-corrected chi connectivity index (χ3v) is 3.61. The summed E-state index contributed by atoms with van der Waals surface area (Å²) in [7, 11) is 1.88. The van der Waals surface area contributed by atoms with E-state index in [0.717, 1.165) is 31.0 Å². The second-order valence-corrected chi connectivity index (χ2v) is 5.62. The van der Waals surface area contributed by atoms with Gasteiger partial charge in [0.05, 0.1) is 18.9 Å². The first-order valence-corrected chi connectivity index (χ1v) is 7.02. The molecule has 1 aliphatic rings. The molecule has 1 fully saturated rings. The van der Waals surface area contributed by atoms with E-state index in [1.165, 1.54) is 0 Å². The highest BCUT2D eigenvalue weighted by Crippen LogP contribution is 2.24. The van der Waals surface area contributed by atoms with Gasteiger partial charge in [-0.25, -0.2) is 4.39 Å². The summed E-state index contributed by atoms with van der Waals surface area (Å²) in [6, 6.07) is 2.12. The summed E-state index contributed by atoms with van der Waals surface area (Å²) >= 11 is 0. The second kappa shape index (κ2) is 6.01. The summed E-state index contributed by atoms with van der Waals surface area (Å²) in [6.07, 6.45) is 1.75. The maximum atomic E-state index is 14.7. The summed E-state index contributed by atoms with van der Waals surface area (Å²) < 4.78 is 21.9. The molecule has 2 unspecified atom stereocenters. The van der Waals surface area contributed by atoms with E-state index in [1.807, 2.05) is 13.1 Å². The van der Waals surface area contributed by atoms with Crippen molar-refractivity contribution in [3.05, 3.63) is 17.5 Å². The minimum atomic E-state index is -1.24. The fourth-order valence-corrected chi connectivity index (χ4v) is 2.62. The minimum absolute atomic E-state index is 0.114.